The van der Waals surface area contributed by atoms with E-state index in [2.05, 4.69) is 112 Å². The Bertz CT molecular complexity index is 854. The molecule has 3 aromatic rings. The van der Waals surface area contributed by atoms with Crippen molar-refractivity contribution in [1.29, 1.82) is 0 Å². The minimum atomic E-state index is 0.0657. The predicted molar refractivity (Wildman–Crippen MR) is 125 cm³/mol. The van der Waals surface area contributed by atoms with Crippen LogP contribution in [0, 0.1) is 7.14 Å². The van der Waals surface area contributed by atoms with Crippen LogP contribution in [0.2, 0.25) is 0 Å². The lowest BCUT2D eigenvalue weighted by molar-refractivity contribution is -0.128. The number of nitrogens with zero attached hydrogens (tertiary/aromatic N) is 1. The molecule has 0 heterocycles. The summed E-state index contributed by atoms with van der Waals surface area (Å²) in [4.78, 5) is 13.6. The van der Waals surface area contributed by atoms with Crippen molar-refractivity contribution in [3.8, 4) is 22.3 Å². The zero-order chi connectivity index (χ0) is 18.7. The van der Waals surface area contributed by atoms with E-state index in [-0.39, 0.29) is 5.91 Å². The van der Waals surface area contributed by atoms with Gasteiger partial charge in [-0.15, -0.1) is 0 Å². The molecule has 0 aromatic heterocycles. The molecule has 0 unspecified atom stereocenters. The van der Waals surface area contributed by atoms with Crippen molar-refractivity contribution < 1.29 is 4.79 Å². The summed E-state index contributed by atoms with van der Waals surface area (Å²) < 4.78 is 2.42. The van der Waals surface area contributed by atoms with E-state index in [0.717, 1.165) is 0 Å². The second kappa shape index (κ2) is 8.52. The van der Waals surface area contributed by atoms with Crippen LogP contribution in [0.4, 0.5) is 0 Å². The highest BCUT2D eigenvalue weighted by Crippen LogP contribution is 2.34. The van der Waals surface area contributed by atoms with E-state index in [1.165, 1.54) is 35.0 Å². The lowest BCUT2D eigenvalue weighted by Gasteiger charge is -2.21. The first-order valence-electron chi connectivity index (χ1n) is 8.31. The zero-order valence-corrected chi connectivity index (χ0v) is 19.0. The third-order valence-electron chi connectivity index (χ3n) is 4.42. The smallest absolute Gasteiger partial charge is 0.219 e. The Morgan fingerprint density at radius 3 is 1.62 bits per heavy atom. The molecule has 0 aliphatic carbocycles. The summed E-state index contributed by atoms with van der Waals surface area (Å²) in [5, 5.41) is 0. The molecule has 4 heteroatoms. The Balaban J connectivity index is 2.17. The average molecular weight is 567 g/mol. The maximum atomic E-state index is 11.9. The van der Waals surface area contributed by atoms with Gasteiger partial charge in [-0.05, 0) is 97.3 Å². The second-order valence-corrected chi connectivity index (χ2v) is 8.71. The Morgan fingerprint density at radius 2 is 1.23 bits per heavy atom. The highest BCUT2D eigenvalue weighted by Gasteiger charge is 2.15. The molecule has 0 atom stereocenters. The van der Waals surface area contributed by atoms with Crippen LogP contribution < -0.4 is 0 Å². The fraction of sp³-hybridized carbons (Fsp3) is 0.136. The molecular formula is C22H19I2NO. The number of amides is 1. The highest BCUT2D eigenvalue weighted by molar-refractivity contribution is 14.1. The molecule has 0 spiro atoms. The van der Waals surface area contributed by atoms with Gasteiger partial charge in [-0.3, -0.25) is 4.79 Å². The number of rotatable bonds is 4. The first-order valence-corrected chi connectivity index (χ1v) is 10.5. The highest BCUT2D eigenvalue weighted by atomic mass is 127. The second-order valence-electron chi connectivity index (χ2n) is 6.22. The molecule has 26 heavy (non-hydrogen) atoms. The maximum absolute atomic E-state index is 11.9. The van der Waals surface area contributed by atoms with Gasteiger partial charge in [-0.1, -0.05) is 42.5 Å². The molecule has 3 aromatic carbocycles. The molecule has 2 nitrogen and oxygen atoms in total. The van der Waals surface area contributed by atoms with Crippen LogP contribution in [0.25, 0.3) is 22.3 Å². The van der Waals surface area contributed by atoms with Gasteiger partial charge in [-0.2, -0.15) is 0 Å². The van der Waals surface area contributed by atoms with Gasteiger partial charge in [0.2, 0.25) is 5.91 Å². The van der Waals surface area contributed by atoms with E-state index in [1.54, 1.807) is 11.8 Å². The summed E-state index contributed by atoms with van der Waals surface area (Å²) in [5.41, 5.74) is 5.86. The van der Waals surface area contributed by atoms with Gasteiger partial charge in [0.1, 0.15) is 0 Å². The maximum Gasteiger partial charge on any atom is 0.219 e. The molecule has 0 radical (unpaired) electrons. The Labute approximate surface area is 181 Å². The monoisotopic (exact) mass is 567 g/mol. The summed E-state index contributed by atoms with van der Waals surface area (Å²) in [6.07, 6.45) is 0. The van der Waals surface area contributed by atoms with Gasteiger partial charge >= 0.3 is 0 Å². The summed E-state index contributed by atoms with van der Waals surface area (Å²) in [5.74, 6) is 0.0657. The van der Waals surface area contributed by atoms with Crippen LogP contribution in [0.1, 0.15) is 12.5 Å². The Hall–Kier alpha value is -1.41. The van der Waals surface area contributed by atoms with E-state index in [9.17, 15) is 4.79 Å². The van der Waals surface area contributed by atoms with E-state index < -0.39 is 0 Å². The van der Waals surface area contributed by atoms with Crippen molar-refractivity contribution in [1.82, 2.24) is 4.90 Å². The topological polar surface area (TPSA) is 20.3 Å². The van der Waals surface area contributed by atoms with E-state index >= 15 is 0 Å². The lowest BCUT2D eigenvalue weighted by atomic mass is 9.91. The average Bonchev–Trinajstić information content (AvgIpc) is 2.63. The molecule has 0 aliphatic rings. The van der Waals surface area contributed by atoms with Crippen LogP contribution in [0.15, 0.2) is 66.7 Å². The normalized spacial score (nSPS) is 10.6. The van der Waals surface area contributed by atoms with Gasteiger partial charge in [-0.25, -0.2) is 0 Å². The van der Waals surface area contributed by atoms with E-state index in [4.69, 9.17) is 0 Å². The quantitative estimate of drug-likeness (QED) is 0.344. The van der Waals surface area contributed by atoms with Crippen molar-refractivity contribution >= 4 is 51.1 Å². The molecule has 0 fully saturated rings. The number of carbonyl (C=O) groups excluding carboxylic acids is 1. The Morgan fingerprint density at radius 1 is 0.808 bits per heavy atom. The number of halogens is 2. The minimum Gasteiger partial charge on any atom is -0.342 e. The summed E-state index contributed by atoms with van der Waals surface area (Å²) >= 11 is 4.64. The third-order valence-corrected chi connectivity index (χ3v) is 5.86. The van der Waals surface area contributed by atoms with Crippen molar-refractivity contribution in [2.75, 3.05) is 7.05 Å². The summed E-state index contributed by atoms with van der Waals surface area (Å²) in [7, 11) is 1.85. The van der Waals surface area contributed by atoms with Crippen LogP contribution >= 0.6 is 45.2 Å². The van der Waals surface area contributed by atoms with Crippen molar-refractivity contribution in [2.24, 2.45) is 0 Å². The first kappa shape index (κ1) is 19.4. The number of carbonyl (C=O) groups is 1. The third kappa shape index (κ3) is 4.46. The molecule has 0 bridgehead atoms. The minimum absolute atomic E-state index is 0.0657. The SMILES string of the molecule is CC(=O)N(C)Cc1c(-c2ccc(I)cc2)cccc1-c1ccc(I)cc1. The molecule has 132 valence electrons. The molecule has 1 amide bonds. The lowest BCUT2D eigenvalue weighted by Crippen LogP contribution is -2.23. The van der Waals surface area contributed by atoms with Gasteiger partial charge < -0.3 is 4.90 Å². The molecule has 0 saturated carbocycles. The zero-order valence-electron chi connectivity index (χ0n) is 14.7. The number of hydrogen-bond donors (Lipinski definition) is 0. The molecule has 3 rings (SSSR count). The summed E-state index contributed by atoms with van der Waals surface area (Å²) in [6.45, 7) is 2.19. The molecule has 0 aliphatic heterocycles. The van der Waals surface area contributed by atoms with Gasteiger partial charge in [0.15, 0.2) is 0 Å². The first-order chi connectivity index (χ1) is 12.5. The van der Waals surface area contributed by atoms with Gasteiger partial charge in [0, 0.05) is 27.7 Å². The summed E-state index contributed by atoms with van der Waals surface area (Å²) in [6, 6.07) is 23.4. The van der Waals surface area contributed by atoms with Crippen molar-refractivity contribution in [2.45, 2.75) is 13.5 Å². The van der Waals surface area contributed by atoms with Gasteiger partial charge in [0.25, 0.3) is 0 Å². The van der Waals surface area contributed by atoms with Crippen molar-refractivity contribution in [3.05, 3.63) is 79.4 Å². The largest absolute Gasteiger partial charge is 0.342 e. The van der Waals surface area contributed by atoms with Crippen LogP contribution in [-0.4, -0.2) is 17.9 Å². The standard InChI is InChI=1S/C22H19I2NO/c1-15(26)25(2)14-22-20(16-6-10-18(23)11-7-16)4-3-5-21(22)17-8-12-19(24)13-9-17/h3-13H,14H2,1-2H3. The fourth-order valence-electron chi connectivity index (χ4n) is 2.91. The predicted octanol–water partition coefficient (Wildman–Crippen LogP) is 6.21. The number of benzene rings is 3. The van der Waals surface area contributed by atoms with Crippen LogP contribution in [0.3, 0.4) is 0 Å². The molecular weight excluding hydrogens is 548 g/mol. The van der Waals surface area contributed by atoms with E-state index in [1.807, 2.05) is 7.05 Å². The molecule has 0 N–H and O–H groups in total. The van der Waals surface area contributed by atoms with E-state index in [0.29, 0.717) is 6.54 Å². The van der Waals surface area contributed by atoms with Gasteiger partial charge in [0.05, 0.1) is 0 Å². The van der Waals surface area contributed by atoms with Crippen LogP contribution in [-0.2, 0) is 11.3 Å². The molecule has 0 saturated heterocycles. The van der Waals surface area contributed by atoms with Crippen molar-refractivity contribution in [3.63, 3.8) is 0 Å². The Kier molecular flexibility index (Phi) is 6.34. The number of hydrogen-bond acceptors (Lipinski definition) is 1. The fourth-order valence-corrected chi connectivity index (χ4v) is 3.62. The van der Waals surface area contributed by atoms with Crippen LogP contribution in [0.5, 0.6) is 0 Å².